The van der Waals surface area contributed by atoms with Crippen molar-refractivity contribution in [1.29, 1.82) is 0 Å². The minimum Gasteiger partial charge on any atom is -0.508 e. The molecule has 1 saturated heterocycles. The van der Waals surface area contributed by atoms with Gasteiger partial charge >= 0.3 is 6.01 Å². The summed E-state index contributed by atoms with van der Waals surface area (Å²) in [5.41, 5.74) is 6.18. The predicted octanol–water partition coefficient (Wildman–Crippen LogP) is 5.47. The molecule has 5 aromatic rings. The number of aromatic hydroxyl groups is 1. The first-order valence-electron chi connectivity index (χ1n) is 15.1. The number of benzene rings is 2. The molecule has 7 rings (SSSR count). The number of phenols is 1. The maximum atomic E-state index is 17.0. The van der Waals surface area contributed by atoms with Crippen LogP contribution in [0.4, 0.5) is 29.2 Å². The Morgan fingerprint density at radius 3 is 2.73 bits per heavy atom. The molecule has 2 atom stereocenters. The van der Waals surface area contributed by atoms with Crippen LogP contribution in [-0.4, -0.2) is 75.3 Å². The molecule has 2 aliphatic heterocycles. The van der Waals surface area contributed by atoms with Gasteiger partial charge in [-0.2, -0.15) is 9.97 Å². The van der Waals surface area contributed by atoms with Gasteiger partial charge in [-0.05, 0) is 43.6 Å². The largest absolute Gasteiger partial charge is 0.508 e. The van der Waals surface area contributed by atoms with Gasteiger partial charge in [0.1, 0.15) is 53.0 Å². The number of hydrogen-bond acceptors (Lipinski definition) is 10. The molecule has 3 aromatic heterocycles. The molecular weight excluding hydrogens is 630 g/mol. The maximum absolute atomic E-state index is 17.0. The number of ether oxygens (including phenoxy) is 2. The molecule has 0 amide bonds. The van der Waals surface area contributed by atoms with E-state index in [9.17, 15) is 18.3 Å². The number of aromatic nitrogens is 4. The summed E-state index contributed by atoms with van der Waals surface area (Å²) in [7, 11) is 1.57. The van der Waals surface area contributed by atoms with Gasteiger partial charge in [-0.15, -0.1) is 6.42 Å². The van der Waals surface area contributed by atoms with Crippen molar-refractivity contribution in [3.05, 3.63) is 65.4 Å². The van der Waals surface area contributed by atoms with Gasteiger partial charge in [-0.1, -0.05) is 18.1 Å². The van der Waals surface area contributed by atoms with Gasteiger partial charge in [0.05, 0.1) is 24.7 Å². The van der Waals surface area contributed by atoms with Gasteiger partial charge in [-0.25, -0.2) is 27.5 Å². The molecule has 48 heavy (non-hydrogen) atoms. The van der Waals surface area contributed by atoms with Gasteiger partial charge in [0.25, 0.3) is 5.92 Å². The lowest BCUT2D eigenvalue weighted by molar-refractivity contribution is 0.0136. The smallest absolute Gasteiger partial charge is 0.319 e. The highest BCUT2D eigenvalue weighted by Gasteiger charge is 2.43. The lowest BCUT2D eigenvalue weighted by Crippen LogP contribution is -2.32. The van der Waals surface area contributed by atoms with Gasteiger partial charge < -0.3 is 25.2 Å². The standard InChI is InChI=1S/C34H29F4N7O3/c1-4-21-24(35)8-7-18-12-20(46)13-23(25(18)21)28-27(36)29-26-31(43-33(42-29)48-15-19-14-34(37,38)16-44(19)3)45(10-11-47-32(26)41-28)17(2)22-6-5-9-40-30(22)39/h1,5-9,12-13,17,19,46H,10-11,14-16H2,2-3H3,(H2,39,40)/t17?,19-/m0/s1. The Kier molecular flexibility index (Phi) is 7.59. The van der Waals surface area contributed by atoms with Gasteiger partial charge in [0.15, 0.2) is 5.82 Å². The molecule has 5 heterocycles. The van der Waals surface area contributed by atoms with Crippen LogP contribution >= 0.6 is 0 Å². The number of pyridine rings is 2. The van der Waals surface area contributed by atoms with Crippen LogP contribution in [0.3, 0.4) is 0 Å². The number of nitrogen functional groups attached to an aromatic ring is 1. The summed E-state index contributed by atoms with van der Waals surface area (Å²) in [5.74, 6) is -2.00. The van der Waals surface area contributed by atoms with Crippen molar-refractivity contribution in [1.82, 2.24) is 24.8 Å². The highest BCUT2D eigenvalue weighted by Crippen LogP contribution is 2.44. The zero-order chi connectivity index (χ0) is 33.9. The van der Waals surface area contributed by atoms with Gasteiger partial charge in [0.2, 0.25) is 5.88 Å². The molecule has 0 spiro atoms. The monoisotopic (exact) mass is 659 g/mol. The number of likely N-dealkylation sites (N-methyl/N-ethyl adjacent to an activating group) is 1. The Morgan fingerprint density at radius 2 is 2.00 bits per heavy atom. The number of phenolic OH excluding ortho intramolecular Hbond substituents is 1. The van der Waals surface area contributed by atoms with Gasteiger partial charge in [-0.3, -0.25) is 4.90 Å². The molecule has 2 aliphatic rings. The first-order chi connectivity index (χ1) is 23.0. The third-order valence-corrected chi connectivity index (χ3v) is 8.84. The molecule has 0 radical (unpaired) electrons. The molecule has 246 valence electrons. The lowest BCUT2D eigenvalue weighted by Gasteiger charge is -2.30. The second kappa shape index (κ2) is 11.7. The van der Waals surface area contributed by atoms with E-state index in [4.69, 9.17) is 21.6 Å². The second-order valence-corrected chi connectivity index (χ2v) is 11.9. The Bertz CT molecular complexity index is 2140. The molecule has 2 aromatic carbocycles. The Labute approximate surface area is 272 Å². The average Bonchev–Trinajstić information content (AvgIpc) is 3.19. The molecule has 10 nitrogen and oxygen atoms in total. The Hall–Kier alpha value is -5.42. The fourth-order valence-electron chi connectivity index (χ4n) is 6.50. The van der Waals surface area contributed by atoms with Crippen molar-refractivity contribution in [3.63, 3.8) is 0 Å². The normalized spacial score (nSPS) is 18.0. The first-order valence-corrected chi connectivity index (χ1v) is 15.1. The molecule has 3 N–H and O–H groups in total. The van der Waals surface area contributed by atoms with Crippen LogP contribution < -0.4 is 20.1 Å². The van der Waals surface area contributed by atoms with E-state index in [0.717, 1.165) is 6.07 Å². The van der Waals surface area contributed by atoms with E-state index < -0.39 is 42.6 Å². The van der Waals surface area contributed by atoms with Crippen LogP contribution in [0.2, 0.25) is 0 Å². The van der Waals surface area contributed by atoms with E-state index in [2.05, 4.69) is 25.9 Å². The highest BCUT2D eigenvalue weighted by atomic mass is 19.3. The minimum atomic E-state index is -2.88. The predicted molar refractivity (Wildman–Crippen MR) is 171 cm³/mol. The number of fused-ring (bicyclic) bond motifs is 1. The third kappa shape index (κ3) is 5.29. The second-order valence-electron chi connectivity index (χ2n) is 11.9. The van der Waals surface area contributed by atoms with E-state index in [0.29, 0.717) is 10.9 Å². The van der Waals surface area contributed by atoms with Crippen molar-refractivity contribution >= 4 is 33.3 Å². The Morgan fingerprint density at radius 1 is 1.19 bits per heavy atom. The number of hydrogen-bond donors (Lipinski definition) is 2. The SMILES string of the molecule is C#Cc1c(F)ccc2cc(O)cc(-c3nc4c5c(nc(OC[C@@H]6CC(F)(F)CN6C)nc5c3F)N(C(C)c3cccnc3N)CCO4)c12. The van der Waals surface area contributed by atoms with Crippen molar-refractivity contribution in [2.45, 2.75) is 31.4 Å². The average molecular weight is 660 g/mol. The molecule has 0 bridgehead atoms. The third-order valence-electron chi connectivity index (χ3n) is 8.84. The number of anilines is 2. The molecule has 1 fully saturated rings. The maximum Gasteiger partial charge on any atom is 0.319 e. The topological polar surface area (TPSA) is 123 Å². The zero-order valence-corrected chi connectivity index (χ0v) is 25.8. The van der Waals surface area contributed by atoms with Gasteiger partial charge in [0, 0.05) is 35.2 Å². The van der Waals surface area contributed by atoms with E-state index >= 15 is 4.39 Å². The highest BCUT2D eigenvalue weighted by molar-refractivity contribution is 6.04. The number of likely N-dealkylation sites (tertiary alicyclic amines) is 1. The fourth-order valence-corrected chi connectivity index (χ4v) is 6.50. The summed E-state index contributed by atoms with van der Waals surface area (Å²) < 4.78 is 72.1. The summed E-state index contributed by atoms with van der Waals surface area (Å²) >= 11 is 0. The van der Waals surface area contributed by atoms with E-state index in [1.54, 1.807) is 19.3 Å². The number of alkyl halides is 2. The van der Waals surface area contributed by atoms with Crippen LogP contribution in [0.1, 0.15) is 30.5 Å². The van der Waals surface area contributed by atoms with Crippen molar-refractivity contribution in [2.75, 3.05) is 44.0 Å². The molecule has 0 saturated carbocycles. The van der Waals surface area contributed by atoms with Crippen LogP contribution in [0, 0.1) is 24.0 Å². The van der Waals surface area contributed by atoms with E-state index in [-0.39, 0.29) is 82.1 Å². The van der Waals surface area contributed by atoms with Crippen LogP contribution in [0.25, 0.3) is 32.9 Å². The summed E-state index contributed by atoms with van der Waals surface area (Å²) in [5, 5.41) is 11.2. The quantitative estimate of drug-likeness (QED) is 0.179. The van der Waals surface area contributed by atoms with E-state index in [1.165, 1.54) is 23.1 Å². The first kappa shape index (κ1) is 31.2. The summed E-state index contributed by atoms with van der Waals surface area (Å²) in [6, 6.07) is 7.38. The summed E-state index contributed by atoms with van der Waals surface area (Å²) in [6.45, 7) is 1.58. The fraction of sp³-hybridized carbons (Fsp3) is 0.294. The van der Waals surface area contributed by atoms with Crippen molar-refractivity contribution < 1.29 is 32.1 Å². The summed E-state index contributed by atoms with van der Waals surface area (Å²) in [4.78, 5) is 21.1. The minimum absolute atomic E-state index is 0.00625. The molecular formula is C34H29F4N7O3. The van der Waals surface area contributed by atoms with Crippen molar-refractivity contribution in [2.24, 2.45) is 0 Å². The van der Waals surface area contributed by atoms with Crippen LogP contribution in [-0.2, 0) is 0 Å². The number of halogens is 4. The van der Waals surface area contributed by atoms with Crippen LogP contribution in [0.5, 0.6) is 17.6 Å². The number of rotatable bonds is 6. The van der Waals surface area contributed by atoms with E-state index in [1.807, 2.05) is 17.9 Å². The zero-order valence-electron chi connectivity index (χ0n) is 25.8. The Balaban J connectivity index is 1.45. The molecule has 0 aliphatic carbocycles. The number of terminal acetylenes is 1. The molecule has 1 unspecified atom stereocenters. The summed E-state index contributed by atoms with van der Waals surface area (Å²) in [6.07, 6.45) is 6.81. The lowest BCUT2D eigenvalue weighted by atomic mass is 9.95. The molecule has 14 heteroatoms. The van der Waals surface area contributed by atoms with Crippen molar-refractivity contribution in [3.8, 4) is 41.2 Å². The van der Waals surface area contributed by atoms with Crippen LogP contribution in [0.15, 0.2) is 42.6 Å². The number of nitrogens with zero attached hydrogens (tertiary/aromatic N) is 6. The number of nitrogens with two attached hydrogens (primary N) is 1.